The molecule has 3 fully saturated rings. The van der Waals surface area contributed by atoms with Crippen molar-refractivity contribution in [3.63, 3.8) is 0 Å². The highest BCUT2D eigenvalue weighted by Gasteiger charge is 2.56. The van der Waals surface area contributed by atoms with Crippen LogP contribution >= 0.6 is 0 Å². The van der Waals surface area contributed by atoms with Crippen molar-refractivity contribution < 1.29 is 14.3 Å². The van der Waals surface area contributed by atoms with Gasteiger partial charge in [0.1, 0.15) is 12.1 Å². The maximum absolute atomic E-state index is 13.7. The van der Waals surface area contributed by atoms with Crippen LogP contribution in [0.25, 0.3) is 0 Å². The standard InChI is InChI=1S/C28H43N3O3/c1-25(2,3)34-23(32)19-30-21-27(31(24(30)33)20-26(4)13-10-14-26)15-17-28(18-16-27,29(5)6)22-11-8-7-9-12-22/h7-9,11-12H,10,13-21H2,1-6H3. The Morgan fingerprint density at radius 1 is 1.03 bits per heavy atom. The fourth-order valence-corrected chi connectivity index (χ4v) is 6.39. The predicted molar refractivity (Wildman–Crippen MR) is 134 cm³/mol. The highest BCUT2D eigenvalue weighted by molar-refractivity contribution is 5.83. The number of rotatable bonds is 6. The number of urea groups is 1. The zero-order valence-corrected chi connectivity index (χ0v) is 22.0. The molecule has 3 aliphatic rings. The van der Waals surface area contributed by atoms with Crippen LogP contribution in [0.2, 0.25) is 0 Å². The van der Waals surface area contributed by atoms with Crippen molar-refractivity contribution >= 4 is 12.0 Å². The van der Waals surface area contributed by atoms with Crippen LogP contribution in [0.1, 0.15) is 78.2 Å². The lowest BCUT2D eigenvalue weighted by Crippen LogP contribution is -2.57. The van der Waals surface area contributed by atoms with E-state index >= 15 is 0 Å². The van der Waals surface area contributed by atoms with E-state index in [0.29, 0.717) is 6.54 Å². The number of hydrogen-bond acceptors (Lipinski definition) is 4. The molecule has 0 N–H and O–H groups in total. The number of hydrogen-bond donors (Lipinski definition) is 0. The Kier molecular flexibility index (Phi) is 6.52. The van der Waals surface area contributed by atoms with Crippen molar-refractivity contribution in [1.29, 1.82) is 0 Å². The van der Waals surface area contributed by atoms with Gasteiger partial charge in [-0.05, 0) is 84.4 Å². The monoisotopic (exact) mass is 469 g/mol. The number of benzene rings is 1. The molecular weight excluding hydrogens is 426 g/mol. The third kappa shape index (κ3) is 4.71. The van der Waals surface area contributed by atoms with Crippen LogP contribution in [0.4, 0.5) is 4.79 Å². The molecule has 2 saturated carbocycles. The number of nitrogens with zero attached hydrogens (tertiary/aromatic N) is 3. The minimum Gasteiger partial charge on any atom is -0.459 e. The molecule has 1 heterocycles. The number of carbonyl (C=O) groups is 2. The summed E-state index contributed by atoms with van der Waals surface area (Å²) in [5.41, 5.74) is 0.747. The Morgan fingerprint density at radius 3 is 2.15 bits per heavy atom. The van der Waals surface area contributed by atoms with Gasteiger partial charge in [0.05, 0.1) is 5.54 Å². The number of amides is 2. The minimum absolute atomic E-state index is 0.0102. The second-order valence-electron chi connectivity index (χ2n) is 12.5. The van der Waals surface area contributed by atoms with Gasteiger partial charge in [-0.3, -0.25) is 9.69 Å². The molecule has 0 atom stereocenters. The number of ether oxygens (including phenoxy) is 1. The predicted octanol–water partition coefficient (Wildman–Crippen LogP) is 5.03. The first kappa shape index (κ1) is 25.0. The van der Waals surface area contributed by atoms with Gasteiger partial charge in [0, 0.05) is 18.6 Å². The lowest BCUT2D eigenvalue weighted by Gasteiger charge is -2.53. The molecule has 0 radical (unpaired) electrons. The topological polar surface area (TPSA) is 53.1 Å². The van der Waals surface area contributed by atoms with Crippen molar-refractivity contribution in [3.8, 4) is 0 Å². The van der Waals surface area contributed by atoms with Crippen LogP contribution in [0, 0.1) is 5.41 Å². The second-order valence-corrected chi connectivity index (χ2v) is 12.5. The Balaban J connectivity index is 1.58. The normalized spacial score (nSPS) is 29.0. The maximum Gasteiger partial charge on any atom is 0.326 e. The molecule has 34 heavy (non-hydrogen) atoms. The molecular formula is C28H43N3O3. The van der Waals surface area contributed by atoms with Crippen molar-refractivity contribution in [2.75, 3.05) is 33.7 Å². The fourth-order valence-electron chi connectivity index (χ4n) is 6.39. The van der Waals surface area contributed by atoms with Crippen LogP contribution < -0.4 is 0 Å². The summed E-state index contributed by atoms with van der Waals surface area (Å²) in [7, 11) is 4.35. The van der Waals surface area contributed by atoms with E-state index < -0.39 is 5.60 Å². The quantitative estimate of drug-likeness (QED) is 0.549. The minimum atomic E-state index is -0.553. The Morgan fingerprint density at radius 2 is 1.65 bits per heavy atom. The summed E-state index contributed by atoms with van der Waals surface area (Å²) in [4.78, 5) is 32.6. The first-order chi connectivity index (χ1) is 15.9. The molecule has 2 aliphatic carbocycles. The lowest BCUT2D eigenvalue weighted by atomic mass is 9.66. The van der Waals surface area contributed by atoms with Gasteiger partial charge in [-0.15, -0.1) is 0 Å². The van der Waals surface area contributed by atoms with E-state index in [1.54, 1.807) is 4.90 Å². The molecule has 1 aromatic carbocycles. The van der Waals surface area contributed by atoms with Crippen molar-refractivity contribution in [1.82, 2.24) is 14.7 Å². The summed E-state index contributed by atoms with van der Waals surface area (Å²) >= 11 is 0. The highest BCUT2D eigenvalue weighted by Crippen LogP contribution is 2.51. The van der Waals surface area contributed by atoms with Crippen LogP contribution in [0.5, 0.6) is 0 Å². The Labute approximate surface area is 205 Å². The molecule has 1 aliphatic heterocycles. The van der Waals surface area contributed by atoms with E-state index in [4.69, 9.17) is 4.74 Å². The zero-order valence-electron chi connectivity index (χ0n) is 22.0. The molecule has 0 bridgehead atoms. The van der Waals surface area contributed by atoms with E-state index in [1.807, 2.05) is 20.8 Å². The van der Waals surface area contributed by atoms with Gasteiger partial charge in [-0.25, -0.2) is 4.79 Å². The van der Waals surface area contributed by atoms with Crippen LogP contribution in [-0.4, -0.2) is 71.6 Å². The van der Waals surface area contributed by atoms with Crippen LogP contribution in [0.15, 0.2) is 30.3 Å². The Hall–Kier alpha value is -2.08. The van der Waals surface area contributed by atoms with E-state index in [1.165, 1.54) is 24.8 Å². The average molecular weight is 470 g/mol. The number of carbonyl (C=O) groups excluding carboxylic acids is 2. The third-order valence-electron chi connectivity index (χ3n) is 8.57. The smallest absolute Gasteiger partial charge is 0.326 e. The summed E-state index contributed by atoms with van der Waals surface area (Å²) in [6.45, 7) is 9.35. The summed E-state index contributed by atoms with van der Waals surface area (Å²) in [6.07, 6.45) is 7.44. The zero-order chi connectivity index (χ0) is 24.8. The average Bonchev–Trinajstić information content (AvgIpc) is 2.97. The first-order valence-electron chi connectivity index (χ1n) is 12.9. The van der Waals surface area contributed by atoms with Gasteiger partial charge in [0.2, 0.25) is 0 Å². The molecule has 1 aromatic rings. The molecule has 2 amide bonds. The molecule has 0 unspecified atom stereocenters. The molecule has 6 nitrogen and oxygen atoms in total. The molecule has 4 rings (SSSR count). The molecule has 6 heteroatoms. The van der Waals surface area contributed by atoms with Gasteiger partial charge in [0.25, 0.3) is 0 Å². The van der Waals surface area contributed by atoms with Gasteiger partial charge < -0.3 is 14.5 Å². The lowest BCUT2D eigenvalue weighted by molar-refractivity contribution is -0.155. The van der Waals surface area contributed by atoms with Gasteiger partial charge in [0.15, 0.2) is 0 Å². The number of esters is 1. The summed E-state index contributed by atoms with van der Waals surface area (Å²) in [6, 6.07) is 10.8. The Bertz CT molecular complexity index is 893. The summed E-state index contributed by atoms with van der Waals surface area (Å²) in [5, 5.41) is 0. The van der Waals surface area contributed by atoms with Gasteiger partial charge in [-0.2, -0.15) is 0 Å². The van der Waals surface area contributed by atoms with E-state index in [-0.39, 0.29) is 35.0 Å². The van der Waals surface area contributed by atoms with Crippen molar-refractivity contribution in [3.05, 3.63) is 35.9 Å². The molecule has 1 saturated heterocycles. The SMILES string of the molecule is CN(C)C1(c2ccccc2)CCC2(CC1)CN(CC(=O)OC(C)(C)C)C(=O)N2CC1(C)CCC1. The first-order valence-corrected chi connectivity index (χ1v) is 12.9. The van der Waals surface area contributed by atoms with Gasteiger partial charge >= 0.3 is 12.0 Å². The molecule has 1 spiro atoms. The third-order valence-corrected chi connectivity index (χ3v) is 8.57. The molecule has 0 aromatic heterocycles. The van der Waals surface area contributed by atoms with E-state index in [0.717, 1.165) is 32.2 Å². The van der Waals surface area contributed by atoms with E-state index in [9.17, 15) is 9.59 Å². The fraction of sp³-hybridized carbons (Fsp3) is 0.714. The van der Waals surface area contributed by atoms with Gasteiger partial charge in [-0.1, -0.05) is 43.7 Å². The summed E-state index contributed by atoms with van der Waals surface area (Å²) in [5.74, 6) is -0.324. The largest absolute Gasteiger partial charge is 0.459 e. The molecule has 188 valence electrons. The van der Waals surface area contributed by atoms with Crippen molar-refractivity contribution in [2.24, 2.45) is 5.41 Å². The van der Waals surface area contributed by atoms with Crippen LogP contribution in [0.3, 0.4) is 0 Å². The van der Waals surface area contributed by atoms with Crippen molar-refractivity contribution in [2.45, 2.75) is 89.3 Å². The summed E-state index contributed by atoms with van der Waals surface area (Å²) < 4.78 is 5.56. The van der Waals surface area contributed by atoms with E-state index in [2.05, 4.69) is 61.2 Å². The highest BCUT2D eigenvalue weighted by atomic mass is 16.6. The maximum atomic E-state index is 13.7. The van der Waals surface area contributed by atoms with Crippen LogP contribution in [-0.2, 0) is 15.1 Å². The second kappa shape index (κ2) is 8.85.